The van der Waals surface area contributed by atoms with E-state index in [4.69, 9.17) is 0 Å². The summed E-state index contributed by atoms with van der Waals surface area (Å²) in [6, 6.07) is 5.59. The standard InChI is InChI=1S/C16H19NO2/c18-15(8-11-4-2-1-3-5-11)12-6-7-14-13(9-12)10-16(19)17-14/h6-7,9,11H,1-5,8,10H2,(H,17,19). The van der Waals surface area contributed by atoms with Crippen LogP contribution in [0.2, 0.25) is 0 Å². The molecule has 1 fully saturated rings. The summed E-state index contributed by atoms with van der Waals surface area (Å²) < 4.78 is 0. The van der Waals surface area contributed by atoms with Gasteiger partial charge in [0.05, 0.1) is 6.42 Å². The fourth-order valence-electron chi connectivity index (χ4n) is 3.17. The Hall–Kier alpha value is -1.64. The van der Waals surface area contributed by atoms with Gasteiger partial charge in [0.15, 0.2) is 5.78 Å². The van der Waals surface area contributed by atoms with Crippen LogP contribution in [0.15, 0.2) is 18.2 Å². The van der Waals surface area contributed by atoms with E-state index in [1.165, 1.54) is 32.1 Å². The third-order valence-electron chi connectivity index (χ3n) is 4.25. The Bertz CT molecular complexity index is 515. The second-order valence-electron chi connectivity index (χ2n) is 5.73. The zero-order chi connectivity index (χ0) is 13.2. The molecule has 1 saturated carbocycles. The van der Waals surface area contributed by atoms with Crippen LogP contribution in [0.5, 0.6) is 0 Å². The summed E-state index contributed by atoms with van der Waals surface area (Å²) in [5.41, 5.74) is 2.58. The molecule has 0 bridgehead atoms. The number of ketones is 1. The highest BCUT2D eigenvalue weighted by atomic mass is 16.1. The zero-order valence-electron chi connectivity index (χ0n) is 11.1. The van der Waals surface area contributed by atoms with Gasteiger partial charge in [-0.3, -0.25) is 9.59 Å². The van der Waals surface area contributed by atoms with E-state index in [0.717, 1.165) is 16.8 Å². The van der Waals surface area contributed by atoms with Crippen molar-refractivity contribution in [2.75, 3.05) is 5.32 Å². The number of carbonyl (C=O) groups is 2. The first kappa shape index (κ1) is 12.4. The lowest BCUT2D eigenvalue weighted by molar-refractivity contribution is -0.115. The summed E-state index contributed by atoms with van der Waals surface area (Å²) in [6.45, 7) is 0. The summed E-state index contributed by atoms with van der Waals surface area (Å²) in [6.07, 6.45) is 7.30. The normalized spacial score (nSPS) is 19.1. The highest BCUT2D eigenvalue weighted by Gasteiger charge is 2.21. The average molecular weight is 257 g/mol. The van der Waals surface area contributed by atoms with Gasteiger partial charge in [-0.2, -0.15) is 0 Å². The van der Waals surface area contributed by atoms with Crippen molar-refractivity contribution in [2.24, 2.45) is 5.92 Å². The molecule has 0 atom stereocenters. The van der Waals surface area contributed by atoms with Crippen molar-refractivity contribution < 1.29 is 9.59 Å². The molecule has 0 radical (unpaired) electrons. The van der Waals surface area contributed by atoms with Crippen LogP contribution in [-0.2, 0) is 11.2 Å². The Balaban J connectivity index is 1.70. The summed E-state index contributed by atoms with van der Waals surface area (Å²) >= 11 is 0. The smallest absolute Gasteiger partial charge is 0.228 e. The minimum Gasteiger partial charge on any atom is -0.326 e. The van der Waals surface area contributed by atoms with Gasteiger partial charge >= 0.3 is 0 Å². The van der Waals surface area contributed by atoms with Crippen molar-refractivity contribution in [1.29, 1.82) is 0 Å². The first-order valence-corrected chi connectivity index (χ1v) is 7.18. The van der Waals surface area contributed by atoms with Gasteiger partial charge in [-0.15, -0.1) is 0 Å². The molecule has 0 saturated heterocycles. The maximum absolute atomic E-state index is 12.3. The lowest BCUT2D eigenvalue weighted by atomic mass is 9.84. The van der Waals surface area contributed by atoms with Crippen LogP contribution in [0.4, 0.5) is 5.69 Å². The lowest BCUT2D eigenvalue weighted by Crippen LogP contribution is -2.12. The van der Waals surface area contributed by atoms with Crippen molar-refractivity contribution in [1.82, 2.24) is 0 Å². The quantitative estimate of drug-likeness (QED) is 0.844. The molecule has 1 aromatic carbocycles. The third kappa shape index (κ3) is 2.70. The van der Waals surface area contributed by atoms with E-state index < -0.39 is 0 Å². The number of benzene rings is 1. The van der Waals surface area contributed by atoms with E-state index in [2.05, 4.69) is 5.32 Å². The van der Waals surface area contributed by atoms with E-state index in [1.807, 2.05) is 18.2 Å². The molecule has 100 valence electrons. The van der Waals surface area contributed by atoms with Gasteiger partial charge in [0.25, 0.3) is 0 Å². The van der Waals surface area contributed by atoms with Gasteiger partial charge in [0.1, 0.15) is 0 Å². The van der Waals surface area contributed by atoms with Gasteiger partial charge in [-0.25, -0.2) is 0 Å². The van der Waals surface area contributed by atoms with Crippen LogP contribution in [0.1, 0.15) is 54.4 Å². The molecule has 3 heteroatoms. The number of hydrogen-bond donors (Lipinski definition) is 1. The van der Waals surface area contributed by atoms with E-state index in [1.54, 1.807) is 0 Å². The van der Waals surface area contributed by atoms with Crippen LogP contribution in [0, 0.1) is 5.92 Å². The van der Waals surface area contributed by atoms with Crippen molar-refractivity contribution in [2.45, 2.75) is 44.9 Å². The molecular formula is C16H19NO2. The molecule has 1 aliphatic carbocycles. The number of carbonyl (C=O) groups excluding carboxylic acids is 2. The van der Waals surface area contributed by atoms with Crippen LogP contribution >= 0.6 is 0 Å². The molecule has 0 spiro atoms. The molecular weight excluding hydrogens is 238 g/mol. The molecule has 0 aromatic heterocycles. The van der Waals surface area contributed by atoms with Crippen molar-refractivity contribution >= 4 is 17.4 Å². The summed E-state index contributed by atoms with van der Waals surface area (Å²) in [5.74, 6) is 0.815. The SMILES string of the molecule is O=C1Cc2cc(C(=O)CC3CCCCC3)ccc2N1. The number of fused-ring (bicyclic) bond motifs is 1. The molecule has 1 amide bonds. The first-order chi connectivity index (χ1) is 9.22. The largest absolute Gasteiger partial charge is 0.326 e. The Morgan fingerprint density at radius 3 is 2.79 bits per heavy atom. The fourth-order valence-corrected chi connectivity index (χ4v) is 3.17. The lowest BCUT2D eigenvalue weighted by Gasteiger charge is -2.20. The molecule has 3 nitrogen and oxygen atoms in total. The van der Waals surface area contributed by atoms with Gasteiger partial charge in [0, 0.05) is 17.7 Å². The molecule has 1 N–H and O–H groups in total. The van der Waals surface area contributed by atoms with E-state index in [9.17, 15) is 9.59 Å². The summed E-state index contributed by atoms with van der Waals surface area (Å²) in [7, 11) is 0. The molecule has 1 aliphatic heterocycles. The highest BCUT2D eigenvalue weighted by Crippen LogP contribution is 2.29. The number of Topliss-reactive ketones (excluding diaryl/α,β-unsaturated/α-hetero) is 1. The van der Waals surface area contributed by atoms with Crippen LogP contribution < -0.4 is 5.32 Å². The van der Waals surface area contributed by atoms with E-state index in [-0.39, 0.29) is 11.7 Å². The highest BCUT2D eigenvalue weighted by molar-refractivity contribution is 6.02. The van der Waals surface area contributed by atoms with Gasteiger partial charge < -0.3 is 5.32 Å². The van der Waals surface area contributed by atoms with Crippen LogP contribution in [0.3, 0.4) is 0 Å². The van der Waals surface area contributed by atoms with Crippen molar-refractivity contribution in [3.8, 4) is 0 Å². The van der Waals surface area contributed by atoms with Gasteiger partial charge in [0.2, 0.25) is 5.91 Å². The maximum atomic E-state index is 12.3. The van der Waals surface area contributed by atoms with E-state index >= 15 is 0 Å². The monoisotopic (exact) mass is 257 g/mol. The minimum absolute atomic E-state index is 0.0203. The first-order valence-electron chi connectivity index (χ1n) is 7.18. The Morgan fingerprint density at radius 2 is 2.00 bits per heavy atom. The average Bonchev–Trinajstić information content (AvgIpc) is 2.78. The number of nitrogens with one attached hydrogen (secondary N) is 1. The topological polar surface area (TPSA) is 46.2 Å². The molecule has 0 unspecified atom stereocenters. The number of hydrogen-bond acceptors (Lipinski definition) is 2. The van der Waals surface area contributed by atoms with E-state index in [0.29, 0.717) is 18.8 Å². The Labute approximate surface area is 113 Å². The molecule has 1 heterocycles. The number of amides is 1. The zero-order valence-corrected chi connectivity index (χ0v) is 11.1. The predicted molar refractivity (Wildman–Crippen MR) is 74.3 cm³/mol. The Kier molecular flexibility index (Phi) is 3.36. The molecule has 1 aromatic rings. The predicted octanol–water partition coefficient (Wildman–Crippen LogP) is 3.33. The summed E-state index contributed by atoms with van der Waals surface area (Å²) in [4.78, 5) is 23.6. The third-order valence-corrected chi connectivity index (χ3v) is 4.25. The number of anilines is 1. The maximum Gasteiger partial charge on any atom is 0.228 e. The van der Waals surface area contributed by atoms with Crippen molar-refractivity contribution in [3.63, 3.8) is 0 Å². The minimum atomic E-state index is 0.0203. The van der Waals surface area contributed by atoms with Gasteiger partial charge in [-0.1, -0.05) is 32.1 Å². The van der Waals surface area contributed by atoms with Crippen LogP contribution in [-0.4, -0.2) is 11.7 Å². The molecule has 19 heavy (non-hydrogen) atoms. The number of rotatable bonds is 3. The van der Waals surface area contributed by atoms with Gasteiger partial charge in [-0.05, 0) is 29.7 Å². The van der Waals surface area contributed by atoms with Crippen LogP contribution in [0.25, 0.3) is 0 Å². The fraction of sp³-hybridized carbons (Fsp3) is 0.500. The molecule has 3 rings (SSSR count). The second kappa shape index (κ2) is 5.16. The van der Waals surface area contributed by atoms with Crippen molar-refractivity contribution in [3.05, 3.63) is 29.3 Å². The summed E-state index contributed by atoms with van der Waals surface area (Å²) in [5, 5.41) is 2.79. The molecule has 2 aliphatic rings. The second-order valence-corrected chi connectivity index (χ2v) is 5.73. The Morgan fingerprint density at radius 1 is 1.21 bits per heavy atom.